The number of hydrogen-bond acceptors (Lipinski definition) is 1. The Morgan fingerprint density at radius 3 is 1.91 bits per heavy atom. The van der Waals surface area contributed by atoms with E-state index in [1.165, 1.54) is 59.0 Å². The molecule has 1 aliphatic rings. The lowest BCUT2D eigenvalue weighted by molar-refractivity contribution is 1.37. The molecule has 0 spiro atoms. The first-order valence-corrected chi connectivity index (χ1v) is 13.8. The second-order valence-electron chi connectivity index (χ2n) is 9.25. The van der Waals surface area contributed by atoms with Crippen LogP contribution < -0.4 is 20.7 Å². The summed E-state index contributed by atoms with van der Waals surface area (Å²) in [5.74, 6) is 0. The summed E-state index contributed by atoms with van der Waals surface area (Å²) in [6.07, 6.45) is 4.04. The number of aromatic nitrogens is 1. The van der Waals surface area contributed by atoms with Crippen LogP contribution in [0.15, 0.2) is 122 Å². The third kappa shape index (κ3) is 2.46. The summed E-state index contributed by atoms with van der Waals surface area (Å²) in [6, 6.07) is 40.6. The van der Waals surface area contributed by atoms with E-state index >= 15 is 0 Å². The predicted molar refractivity (Wildman–Crippen MR) is 147 cm³/mol. The summed E-state index contributed by atoms with van der Waals surface area (Å²) in [5.41, 5.74) is 4.08. The highest BCUT2D eigenvalue weighted by molar-refractivity contribution is 7.23. The summed E-state index contributed by atoms with van der Waals surface area (Å²) in [5, 5.41) is 11.0. The zero-order valence-corrected chi connectivity index (χ0v) is 20.0. The lowest BCUT2D eigenvalue weighted by Gasteiger charge is -2.32. The van der Waals surface area contributed by atoms with Crippen molar-refractivity contribution in [1.82, 2.24) is 4.98 Å². The molecular weight excluding hydrogens is 426 g/mol. The van der Waals surface area contributed by atoms with Crippen LogP contribution in [0.25, 0.3) is 32.7 Å². The summed E-state index contributed by atoms with van der Waals surface area (Å²) < 4.78 is 0. The number of nitrogens with zero attached hydrogens (tertiary/aromatic N) is 1. The molecule has 0 fully saturated rings. The van der Waals surface area contributed by atoms with E-state index in [1.54, 1.807) is 0 Å². The van der Waals surface area contributed by atoms with Gasteiger partial charge < -0.3 is 0 Å². The van der Waals surface area contributed by atoms with Crippen molar-refractivity contribution in [2.75, 3.05) is 0 Å². The van der Waals surface area contributed by atoms with Gasteiger partial charge in [-0.3, -0.25) is 4.98 Å². The Kier molecular flexibility index (Phi) is 4.14. The molecule has 0 saturated carbocycles. The van der Waals surface area contributed by atoms with Crippen LogP contribution in [0.3, 0.4) is 0 Å². The Morgan fingerprint density at radius 1 is 0.588 bits per heavy atom. The molecule has 0 aliphatic carbocycles. The number of rotatable bonds is 2. The number of benzene rings is 5. The molecule has 5 aromatic carbocycles. The summed E-state index contributed by atoms with van der Waals surface area (Å²) >= 11 is 0. The van der Waals surface area contributed by atoms with Gasteiger partial charge in [0.25, 0.3) is 0 Å². The predicted octanol–water partition coefficient (Wildman–Crippen LogP) is 5.05. The van der Waals surface area contributed by atoms with Gasteiger partial charge in [0.1, 0.15) is 0 Å². The van der Waals surface area contributed by atoms with Gasteiger partial charge in [0, 0.05) is 17.8 Å². The van der Waals surface area contributed by atoms with E-state index < -0.39 is 8.07 Å². The van der Waals surface area contributed by atoms with E-state index in [0.29, 0.717) is 0 Å². The molecule has 6 aromatic rings. The van der Waals surface area contributed by atoms with Gasteiger partial charge in [0.05, 0.1) is 0 Å². The van der Waals surface area contributed by atoms with E-state index in [0.717, 1.165) is 0 Å². The standard InChI is InChI=1S/C32H23NSi/c1-22-16-17-28-30(20-22)34(23-10-4-2-5-11-23,24-12-6-3-7-13-24)32-29-21-33-19-18-26(29)25-14-8-9-15-27(25)31(28)32/h2-21H,1H3. The van der Waals surface area contributed by atoms with Gasteiger partial charge in [-0.15, -0.1) is 0 Å². The number of pyridine rings is 1. The molecule has 0 radical (unpaired) electrons. The highest BCUT2D eigenvalue weighted by Crippen LogP contribution is 2.39. The van der Waals surface area contributed by atoms with Crippen molar-refractivity contribution in [3.63, 3.8) is 0 Å². The molecule has 160 valence electrons. The molecule has 1 nitrogen and oxygen atoms in total. The first kappa shape index (κ1) is 19.5. The van der Waals surface area contributed by atoms with Gasteiger partial charge >= 0.3 is 0 Å². The molecule has 34 heavy (non-hydrogen) atoms. The molecule has 0 bridgehead atoms. The summed E-state index contributed by atoms with van der Waals surface area (Å²) in [6.45, 7) is 2.22. The van der Waals surface area contributed by atoms with Crippen LogP contribution in [0, 0.1) is 6.92 Å². The Balaban J connectivity index is 1.82. The zero-order valence-electron chi connectivity index (χ0n) is 19.0. The van der Waals surface area contributed by atoms with Gasteiger partial charge in [0.15, 0.2) is 8.07 Å². The van der Waals surface area contributed by atoms with E-state index in [1.807, 2.05) is 6.20 Å². The lowest BCUT2D eigenvalue weighted by atomic mass is 9.94. The second-order valence-corrected chi connectivity index (χ2v) is 12.9. The van der Waals surface area contributed by atoms with Gasteiger partial charge in [-0.25, -0.2) is 0 Å². The quantitative estimate of drug-likeness (QED) is 0.266. The van der Waals surface area contributed by atoms with Crippen molar-refractivity contribution in [3.05, 3.63) is 127 Å². The van der Waals surface area contributed by atoms with E-state index in [2.05, 4.69) is 127 Å². The fourth-order valence-corrected chi connectivity index (χ4v) is 11.7. The highest BCUT2D eigenvalue weighted by Gasteiger charge is 2.50. The molecule has 0 unspecified atom stereocenters. The number of fused-ring (bicyclic) bond motifs is 8. The number of hydrogen-bond donors (Lipinski definition) is 0. The van der Waals surface area contributed by atoms with E-state index in [9.17, 15) is 0 Å². The fraction of sp³-hybridized carbons (Fsp3) is 0.0312. The van der Waals surface area contributed by atoms with Gasteiger partial charge in [-0.2, -0.15) is 0 Å². The maximum absolute atomic E-state index is 4.65. The maximum Gasteiger partial charge on any atom is 0.181 e. The van der Waals surface area contributed by atoms with Crippen molar-refractivity contribution >= 4 is 50.4 Å². The van der Waals surface area contributed by atoms with E-state index in [-0.39, 0.29) is 0 Å². The molecule has 0 N–H and O–H groups in total. The molecule has 1 aromatic heterocycles. The zero-order chi connectivity index (χ0) is 22.7. The first-order chi connectivity index (χ1) is 16.8. The third-order valence-electron chi connectivity index (χ3n) is 7.46. The van der Waals surface area contributed by atoms with Crippen LogP contribution in [0.4, 0.5) is 0 Å². The average Bonchev–Trinajstić information content (AvgIpc) is 3.21. The first-order valence-electron chi connectivity index (χ1n) is 11.8. The molecule has 2 heteroatoms. The molecule has 1 aliphatic heterocycles. The highest BCUT2D eigenvalue weighted by atomic mass is 28.3. The largest absolute Gasteiger partial charge is 0.264 e. The second kappa shape index (κ2) is 7.24. The smallest absolute Gasteiger partial charge is 0.181 e. The Morgan fingerprint density at radius 2 is 1.21 bits per heavy atom. The molecular formula is C32H23NSi. The minimum Gasteiger partial charge on any atom is -0.264 e. The fourth-order valence-electron chi connectivity index (χ4n) is 6.17. The Hall–Kier alpha value is -4.01. The molecule has 0 atom stereocenters. The van der Waals surface area contributed by atoms with Gasteiger partial charge in [-0.1, -0.05) is 109 Å². The third-order valence-corrected chi connectivity index (χ3v) is 12.4. The Bertz CT molecular complexity index is 1670. The molecule has 0 amide bonds. The summed E-state index contributed by atoms with van der Waals surface area (Å²) in [7, 11) is -2.58. The van der Waals surface area contributed by atoms with Gasteiger partial charge in [0.2, 0.25) is 0 Å². The van der Waals surface area contributed by atoms with E-state index in [4.69, 9.17) is 0 Å². The Labute approximate surface area is 200 Å². The van der Waals surface area contributed by atoms with Crippen LogP contribution in [0.1, 0.15) is 5.56 Å². The normalized spacial score (nSPS) is 13.7. The van der Waals surface area contributed by atoms with Crippen molar-refractivity contribution in [1.29, 1.82) is 0 Å². The van der Waals surface area contributed by atoms with Crippen LogP contribution >= 0.6 is 0 Å². The van der Waals surface area contributed by atoms with Crippen molar-refractivity contribution < 1.29 is 0 Å². The minimum absolute atomic E-state index is 1.28. The van der Waals surface area contributed by atoms with Crippen LogP contribution in [0.2, 0.25) is 0 Å². The number of aryl methyl sites for hydroxylation is 1. The molecule has 7 rings (SSSR count). The van der Waals surface area contributed by atoms with Crippen LogP contribution in [0.5, 0.6) is 0 Å². The summed E-state index contributed by atoms with van der Waals surface area (Å²) in [4.78, 5) is 4.65. The monoisotopic (exact) mass is 449 g/mol. The van der Waals surface area contributed by atoms with Gasteiger partial charge in [-0.05, 0) is 61.0 Å². The van der Waals surface area contributed by atoms with Crippen molar-refractivity contribution in [2.45, 2.75) is 6.92 Å². The minimum atomic E-state index is -2.58. The average molecular weight is 450 g/mol. The van der Waals surface area contributed by atoms with Crippen molar-refractivity contribution in [2.24, 2.45) is 0 Å². The SMILES string of the molecule is Cc1ccc2c(c1)[Si](c1ccccc1)(c1ccccc1)c1c-2c2ccccc2c2ccncc12. The van der Waals surface area contributed by atoms with Crippen molar-refractivity contribution in [3.8, 4) is 11.1 Å². The van der Waals surface area contributed by atoms with Crippen LogP contribution in [-0.2, 0) is 0 Å². The van der Waals surface area contributed by atoms with Crippen LogP contribution in [-0.4, -0.2) is 13.1 Å². The molecule has 0 saturated heterocycles. The lowest BCUT2D eigenvalue weighted by Crippen LogP contribution is -2.73. The molecule has 2 heterocycles. The maximum atomic E-state index is 4.65. The topological polar surface area (TPSA) is 12.9 Å².